The Bertz CT molecular complexity index is 522. The van der Waals surface area contributed by atoms with Crippen molar-refractivity contribution in [1.82, 2.24) is 9.78 Å². The molecule has 6 heteroatoms. The Morgan fingerprint density at radius 1 is 1.41 bits per heavy atom. The molecule has 0 radical (unpaired) electrons. The van der Waals surface area contributed by atoms with Crippen molar-refractivity contribution in [1.29, 1.82) is 0 Å². The lowest BCUT2D eigenvalue weighted by atomic mass is 10.3. The van der Waals surface area contributed by atoms with E-state index >= 15 is 0 Å². The molecule has 0 atom stereocenters. The highest BCUT2D eigenvalue weighted by Crippen LogP contribution is 2.16. The molecule has 1 heterocycles. The number of carbonyl (C=O) groups excluding carboxylic acids is 1. The Labute approximate surface area is 98.0 Å². The van der Waals surface area contributed by atoms with Gasteiger partial charge in [0.1, 0.15) is 17.3 Å². The number of aromatic nitrogens is 2. The van der Waals surface area contributed by atoms with Crippen molar-refractivity contribution >= 4 is 17.6 Å². The number of nitrogens with one attached hydrogen (secondary N) is 1. The molecule has 0 aliphatic rings. The summed E-state index contributed by atoms with van der Waals surface area (Å²) in [6, 6.07) is 8.77. The average Bonchev–Trinajstić information content (AvgIpc) is 2.62. The number of amides is 1. The predicted octanol–water partition coefficient (Wildman–Crippen LogP) is 1.61. The summed E-state index contributed by atoms with van der Waals surface area (Å²) in [6.07, 6.45) is 0.859. The van der Waals surface area contributed by atoms with Gasteiger partial charge in [-0.25, -0.2) is 4.79 Å². The van der Waals surface area contributed by atoms with Crippen LogP contribution in [0.25, 0.3) is 0 Å². The molecular weight excluding hydrogens is 220 g/mol. The Morgan fingerprint density at radius 2 is 2.12 bits per heavy atom. The van der Waals surface area contributed by atoms with Crippen LogP contribution in [0.4, 0.5) is 16.3 Å². The van der Waals surface area contributed by atoms with Gasteiger partial charge in [-0.1, -0.05) is 18.2 Å². The number of para-hydroxylation sites is 1. The third-order valence-electron chi connectivity index (χ3n) is 2.18. The summed E-state index contributed by atoms with van der Waals surface area (Å²) in [4.78, 5) is 11.5. The van der Waals surface area contributed by atoms with Gasteiger partial charge < -0.3 is 10.5 Å². The summed E-state index contributed by atoms with van der Waals surface area (Å²) in [7, 11) is 1.68. The number of hydrogen-bond acceptors (Lipinski definition) is 4. The minimum atomic E-state index is -0.601. The number of carbonyl (C=O) groups is 1. The highest BCUT2D eigenvalue weighted by atomic mass is 16.6. The molecular formula is C11H12N4O2. The van der Waals surface area contributed by atoms with Gasteiger partial charge in [0.05, 0.1) is 6.20 Å². The van der Waals surface area contributed by atoms with Crippen molar-refractivity contribution < 1.29 is 9.53 Å². The third-order valence-corrected chi connectivity index (χ3v) is 2.18. The van der Waals surface area contributed by atoms with Crippen LogP contribution in [0.2, 0.25) is 0 Å². The number of nitrogens with zero attached hydrogens (tertiary/aromatic N) is 2. The van der Waals surface area contributed by atoms with Gasteiger partial charge in [-0.2, -0.15) is 5.10 Å². The van der Waals surface area contributed by atoms with Crippen LogP contribution < -0.4 is 15.8 Å². The summed E-state index contributed by atoms with van der Waals surface area (Å²) in [5, 5.41) is 6.41. The SMILES string of the molecule is Cn1ncc(NC(=O)Oc2ccccc2)c1N. The van der Waals surface area contributed by atoms with Crippen molar-refractivity contribution in [2.45, 2.75) is 0 Å². The maximum Gasteiger partial charge on any atom is 0.417 e. The number of rotatable bonds is 2. The molecule has 1 aromatic heterocycles. The van der Waals surface area contributed by atoms with Crippen LogP contribution in [0, 0.1) is 0 Å². The van der Waals surface area contributed by atoms with Crippen LogP contribution in [-0.2, 0) is 7.05 Å². The molecule has 1 aromatic carbocycles. The Hall–Kier alpha value is -2.50. The number of hydrogen-bond donors (Lipinski definition) is 2. The van der Waals surface area contributed by atoms with Crippen LogP contribution in [0.1, 0.15) is 0 Å². The number of benzene rings is 1. The first-order valence-corrected chi connectivity index (χ1v) is 4.98. The molecule has 88 valence electrons. The first-order chi connectivity index (χ1) is 8.16. The van der Waals surface area contributed by atoms with Gasteiger partial charge in [0.2, 0.25) is 0 Å². The van der Waals surface area contributed by atoms with Crippen molar-refractivity contribution in [3.63, 3.8) is 0 Å². The third kappa shape index (κ3) is 2.54. The Kier molecular flexibility index (Phi) is 2.95. The van der Waals surface area contributed by atoms with E-state index in [1.165, 1.54) is 10.9 Å². The van der Waals surface area contributed by atoms with Crippen LogP contribution in [0.15, 0.2) is 36.5 Å². The van der Waals surface area contributed by atoms with E-state index in [1.807, 2.05) is 6.07 Å². The van der Waals surface area contributed by atoms with E-state index in [0.29, 0.717) is 17.3 Å². The van der Waals surface area contributed by atoms with E-state index in [4.69, 9.17) is 10.5 Å². The molecule has 6 nitrogen and oxygen atoms in total. The zero-order valence-corrected chi connectivity index (χ0v) is 9.25. The number of nitrogen functional groups attached to an aromatic ring is 1. The van der Waals surface area contributed by atoms with Crippen LogP contribution in [-0.4, -0.2) is 15.9 Å². The lowest BCUT2D eigenvalue weighted by Gasteiger charge is -2.05. The zero-order valence-electron chi connectivity index (χ0n) is 9.25. The smallest absolute Gasteiger partial charge is 0.410 e. The molecule has 2 rings (SSSR count). The van der Waals surface area contributed by atoms with Crippen LogP contribution in [0.5, 0.6) is 5.75 Å². The van der Waals surface area contributed by atoms with Crippen LogP contribution in [0.3, 0.4) is 0 Å². The van der Waals surface area contributed by atoms with E-state index in [2.05, 4.69) is 10.4 Å². The Balaban J connectivity index is 2.01. The fourth-order valence-corrected chi connectivity index (χ4v) is 1.27. The van der Waals surface area contributed by atoms with Crippen molar-refractivity contribution in [3.05, 3.63) is 36.5 Å². The van der Waals surface area contributed by atoms with Gasteiger partial charge in [0, 0.05) is 7.05 Å². The largest absolute Gasteiger partial charge is 0.417 e. The molecule has 0 aliphatic carbocycles. The monoisotopic (exact) mass is 232 g/mol. The minimum Gasteiger partial charge on any atom is -0.410 e. The number of aryl methyl sites for hydroxylation is 1. The van der Waals surface area contributed by atoms with Gasteiger partial charge in [-0.3, -0.25) is 10.00 Å². The molecule has 2 aromatic rings. The molecule has 0 unspecified atom stereocenters. The summed E-state index contributed by atoms with van der Waals surface area (Å²) in [5.74, 6) is 0.836. The molecule has 17 heavy (non-hydrogen) atoms. The van der Waals surface area contributed by atoms with Gasteiger partial charge in [-0.05, 0) is 12.1 Å². The maximum absolute atomic E-state index is 11.5. The average molecular weight is 232 g/mol. The molecule has 0 spiro atoms. The van der Waals surface area contributed by atoms with Gasteiger partial charge in [0.15, 0.2) is 0 Å². The minimum absolute atomic E-state index is 0.370. The maximum atomic E-state index is 11.5. The second-order valence-electron chi connectivity index (χ2n) is 3.39. The van der Waals surface area contributed by atoms with Gasteiger partial charge in [-0.15, -0.1) is 0 Å². The Morgan fingerprint density at radius 3 is 2.71 bits per heavy atom. The topological polar surface area (TPSA) is 82.2 Å². The van der Waals surface area contributed by atoms with E-state index in [9.17, 15) is 4.79 Å². The molecule has 0 fully saturated rings. The summed E-state index contributed by atoms with van der Waals surface area (Å²) in [6.45, 7) is 0. The molecule has 0 saturated heterocycles. The number of nitrogens with two attached hydrogens (primary N) is 1. The normalized spacial score (nSPS) is 9.94. The molecule has 0 saturated carbocycles. The molecule has 1 amide bonds. The van der Waals surface area contributed by atoms with E-state index in [-0.39, 0.29) is 0 Å². The van der Waals surface area contributed by atoms with Crippen molar-refractivity contribution in [3.8, 4) is 5.75 Å². The predicted molar refractivity (Wildman–Crippen MR) is 63.7 cm³/mol. The van der Waals surface area contributed by atoms with E-state index < -0.39 is 6.09 Å². The molecule has 3 N–H and O–H groups in total. The van der Waals surface area contributed by atoms with E-state index in [0.717, 1.165) is 0 Å². The number of ether oxygens (including phenoxy) is 1. The van der Waals surface area contributed by atoms with E-state index in [1.54, 1.807) is 31.3 Å². The molecule has 0 aliphatic heterocycles. The second-order valence-corrected chi connectivity index (χ2v) is 3.39. The van der Waals surface area contributed by atoms with Gasteiger partial charge in [0.25, 0.3) is 0 Å². The van der Waals surface area contributed by atoms with Crippen molar-refractivity contribution in [2.24, 2.45) is 7.05 Å². The summed E-state index contributed by atoms with van der Waals surface area (Å²) < 4.78 is 6.50. The first-order valence-electron chi connectivity index (χ1n) is 4.98. The fourth-order valence-electron chi connectivity index (χ4n) is 1.27. The second kappa shape index (κ2) is 4.56. The zero-order chi connectivity index (χ0) is 12.3. The van der Waals surface area contributed by atoms with Gasteiger partial charge >= 0.3 is 6.09 Å². The number of anilines is 2. The summed E-state index contributed by atoms with van der Waals surface area (Å²) in [5.41, 5.74) is 6.10. The standard InChI is InChI=1S/C11H12N4O2/c1-15-10(12)9(7-13-15)14-11(16)17-8-5-3-2-4-6-8/h2-7H,12H2,1H3,(H,14,16). The first kappa shape index (κ1) is 11.0. The fraction of sp³-hybridized carbons (Fsp3) is 0.0909. The highest BCUT2D eigenvalue weighted by molar-refractivity contribution is 5.89. The highest BCUT2D eigenvalue weighted by Gasteiger charge is 2.09. The lowest BCUT2D eigenvalue weighted by molar-refractivity contribution is 0.215. The summed E-state index contributed by atoms with van der Waals surface area (Å²) >= 11 is 0. The lowest BCUT2D eigenvalue weighted by Crippen LogP contribution is -2.17. The molecule has 0 bridgehead atoms. The van der Waals surface area contributed by atoms with Crippen molar-refractivity contribution in [2.75, 3.05) is 11.1 Å². The quantitative estimate of drug-likeness (QED) is 0.824. The van der Waals surface area contributed by atoms with Crippen LogP contribution >= 0.6 is 0 Å².